The smallest absolute Gasteiger partial charge is 0.336 e. The van der Waals surface area contributed by atoms with E-state index >= 15 is 0 Å². The largest absolute Gasteiger partial charge is 0.478 e. The van der Waals surface area contributed by atoms with E-state index in [1.54, 1.807) is 38.2 Å². The number of ether oxygens (including phenoxy) is 2. The van der Waals surface area contributed by atoms with Crippen molar-refractivity contribution in [2.45, 2.75) is 66.4 Å². The summed E-state index contributed by atoms with van der Waals surface area (Å²) in [6, 6.07) is 17.4. The van der Waals surface area contributed by atoms with Gasteiger partial charge < -0.3 is 19.9 Å². The standard InChI is InChI=1S/C38H42Cl2N2O5/c1-23(19-26-12-14-27(15-13-26)20-28-9-8-17-41-21-28)22-47-31(38(4,5)6)16-18-46-37(45)33-25(3)42-24(2)32(36(43)44)34(33)29-10-7-11-30(39)35(29)40/h7-15,17,19,21,31,34,42H,16,18,20,22H2,1-6H3,(H,43,44). The number of benzene rings is 2. The van der Waals surface area contributed by atoms with Crippen molar-refractivity contribution < 1.29 is 24.2 Å². The SMILES string of the molecule is CC(=Cc1ccc(Cc2cccnc2)cc1)COC(CCOC(=O)C1=C(C)NC(C)=C(C(=O)O)C1c1cccc(Cl)c1Cl)C(C)(C)C. The summed E-state index contributed by atoms with van der Waals surface area (Å²) >= 11 is 12.8. The van der Waals surface area contributed by atoms with E-state index < -0.39 is 17.9 Å². The first kappa shape index (κ1) is 35.9. The highest BCUT2D eigenvalue weighted by Gasteiger charge is 2.38. The zero-order valence-corrected chi connectivity index (χ0v) is 29.2. The maximum absolute atomic E-state index is 13.6. The Balaban J connectivity index is 1.41. The minimum Gasteiger partial charge on any atom is -0.478 e. The first-order chi connectivity index (χ1) is 22.3. The Morgan fingerprint density at radius 3 is 2.34 bits per heavy atom. The second-order valence-electron chi connectivity index (χ2n) is 12.9. The van der Waals surface area contributed by atoms with Gasteiger partial charge in [0.15, 0.2) is 0 Å². The molecule has 2 unspecified atom stereocenters. The zero-order valence-electron chi connectivity index (χ0n) is 27.7. The molecule has 248 valence electrons. The topological polar surface area (TPSA) is 97.8 Å². The fourth-order valence-electron chi connectivity index (χ4n) is 5.73. The summed E-state index contributed by atoms with van der Waals surface area (Å²) in [6.45, 7) is 12.2. The number of carbonyl (C=O) groups excluding carboxylic acids is 1. The van der Waals surface area contributed by atoms with E-state index in [0.29, 0.717) is 30.0 Å². The molecule has 1 aromatic heterocycles. The number of carbonyl (C=O) groups is 2. The normalized spacial score (nSPS) is 16.2. The second kappa shape index (κ2) is 15.8. The monoisotopic (exact) mass is 676 g/mol. The number of hydrogen-bond donors (Lipinski definition) is 2. The molecule has 2 N–H and O–H groups in total. The maximum Gasteiger partial charge on any atom is 0.336 e. The Morgan fingerprint density at radius 1 is 1.00 bits per heavy atom. The van der Waals surface area contributed by atoms with Crippen LogP contribution in [0, 0.1) is 5.41 Å². The molecule has 9 heteroatoms. The molecule has 7 nitrogen and oxygen atoms in total. The number of halogens is 2. The molecule has 3 aromatic rings. The number of dihydropyridines is 1. The van der Waals surface area contributed by atoms with Gasteiger partial charge >= 0.3 is 11.9 Å². The number of allylic oxidation sites excluding steroid dienone is 2. The van der Waals surface area contributed by atoms with E-state index in [0.717, 1.165) is 17.6 Å². The lowest BCUT2D eigenvalue weighted by molar-refractivity contribution is -0.141. The van der Waals surface area contributed by atoms with Gasteiger partial charge in [0.1, 0.15) is 0 Å². The van der Waals surface area contributed by atoms with Crippen LogP contribution in [0.1, 0.15) is 76.1 Å². The number of nitrogens with zero attached hydrogens (tertiary/aromatic N) is 1. The molecular weight excluding hydrogens is 635 g/mol. The van der Waals surface area contributed by atoms with Crippen LogP contribution in [0.25, 0.3) is 6.08 Å². The zero-order chi connectivity index (χ0) is 34.3. The van der Waals surface area contributed by atoms with Crippen molar-refractivity contribution in [1.29, 1.82) is 0 Å². The third kappa shape index (κ3) is 9.34. The molecule has 0 amide bonds. The van der Waals surface area contributed by atoms with E-state index in [1.807, 2.05) is 19.2 Å². The van der Waals surface area contributed by atoms with E-state index in [4.69, 9.17) is 32.7 Å². The number of esters is 1. The number of rotatable bonds is 12. The number of aromatic nitrogens is 1. The van der Waals surface area contributed by atoms with Crippen molar-refractivity contribution in [2.24, 2.45) is 5.41 Å². The summed E-state index contributed by atoms with van der Waals surface area (Å²) in [7, 11) is 0. The molecule has 1 aliphatic rings. The molecule has 0 radical (unpaired) electrons. The van der Waals surface area contributed by atoms with Crippen molar-refractivity contribution in [3.63, 3.8) is 0 Å². The van der Waals surface area contributed by atoms with Gasteiger partial charge in [-0.15, -0.1) is 0 Å². The Kier molecular flexibility index (Phi) is 12.1. The van der Waals surface area contributed by atoms with Crippen LogP contribution in [0.5, 0.6) is 0 Å². The number of hydrogen-bond acceptors (Lipinski definition) is 6. The van der Waals surface area contributed by atoms with Gasteiger partial charge in [-0.3, -0.25) is 4.98 Å². The van der Waals surface area contributed by atoms with Crippen LogP contribution < -0.4 is 5.32 Å². The molecule has 1 aliphatic heterocycles. The lowest BCUT2D eigenvalue weighted by atomic mass is 9.80. The van der Waals surface area contributed by atoms with Crippen LogP contribution in [0.4, 0.5) is 0 Å². The minimum atomic E-state index is -1.17. The van der Waals surface area contributed by atoms with Crippen molar-refractivity contribution in [1.82, 2.24) is 10.3 Å². The number of carboxylic acid groups (broad SMARTS) is 1. The van der Waals surface area contributed by atoms with Gasteiger partial charge in [0.05, 0.1) is 46.4 Å². The number of pyridine rings is 1. The highest BCUT2D eigenvalue weighted by Crippen LogP contribution is 2.43. The lowest BCUT2D eigenvalue weighted by Gasteiger charge is -2.32. The summed E-state index contributed by atoms with van der Waals surface area (Å²) in [5.74, 6) is -2.75. The quantitative estimate of drug-likeness (QED) is 0.185. The lowest BCUT2D eigenvalue weighted by Crippen LogP contribution is -2.33. The minimum absolute atomic E-state index is 0.00742. The van der Waals surface area contributed by atoms with Crippen molar-refractivity contribution in [3.05, 3.63) is 127 Å². The summed E-state index contributed by atoms with van der Waals surface area (Å²) < 4.78 is 12.2. The van der Waals surface area contributed by atoms with Crippen LogP contribution in [-0.4, -0.2) is 41.3 Å². The molecule has 2 aromatic carbocycles. The van der Waals surface area contributed by atoms with E-state index in [9.17, 15) is 14.7 Å². The van der Waals surface area contributed by atoms with E-state index in [2.05, 4.69) is 67.5 Å². The van der Waals surface area contributed by atoms with Crippen LogP contribution in [0.3, 0.4) is 0 Å². The van der Waals surface area contributed by atoms with Crippen LogP contribution in [-0.2, 0) is 25.5 Å². The molecule has 0 saturated carbocycles. The number of aliphatic carboxylic acids is 1. The fourth-order valence-corrected chi connectivity index (χ4v) is 6.15. The Bertz CT molecular complexity index is 1690. The van der Waals surface area contributed by atoms with E-state index in [-0.39, 0.29) is 39.3 Å². The Hall–Kier alpha value is -3.91. The van der Waals surface area contributed by atoms with Gasteiger partial charge in [-0.25, -0.2) is 9.59 Å². The van der Waals surface area contributed by atoms with Gasteiger partial charge in [0.2, 0.25) is 0 Å². The van der Waals surface area contributed by atoms with Gasteiger partial charge in [0.25, 0.3) is 0 Å². The molecule has 2 heterocycles. The molecule has 0 aliphatic carbocycles. The Labute approximate surface area is 287 Å². The molecular formula is C38H42Cl2N2O5. The van der Waals surface area contributed by atoms with Crippen molar-refractivity contribution in [2.75, 3.05) is 13.2 Å². The van der Waals surface area contributed by atoms with Crippen LogP contribution in [0.2, 0.25) is 10.0 Å². The highest BCUT2D eigenvalue weighted by molar-refractivity contribution is 6.42. The van der Waals surface area contributed by atoms with Gasteiger partial charge in [0, 0.05) is 30.2 Å². The molecule has 2 atom stereocenters. The second-order valence-corrected chi connectivity index (χ2v) is 13.7. The third-order valence-corrected chi connectivity index (χ3v) is 8.95. The average molecular weight is 678 g/mol. The first-order valence-corrected chi connectivity index (χ1v) is 16.3. The van der Waals surface area contributed by atoms with Crippen LogP contribution in [0.15, 0.2) is 95.1 Å². The third-order valence-electron chi connectivity index (χ3n) is 8.12. The summed E-state index contributed by atoms with van der Waals surface area (Å²) in [6.07, 6.45) is 6.84. The summed E-state index contributed by atoms with van der Waals surface area (Å²) in [5.41, 5.74) is 5.83. The summed E-state index contributed by atoms with van der Waals surface area (Å²) in [4.78, 5) is 30.2. The molecule has 0 fully saturated rings. The number of carboxylic acids is 1. The predicted octanol–water partition coefficient (Wildman–Crippen LogP) is 8.77. The summed E-state index contributed by atoms with van der Waals surface area (Å²) in [5, 5.41) is 13.6. The number of nitrogens with one attached hydrogen (secondary N) is 1. The Morgan fingerprint density at radius 2 is 1.70 bits per heavy atom. The molecule has 0 saturated heterocycles. The molecule has 47 heavy (non-hydrogen) atoms. The maximum atomic E-state index is 13.6. The molecule has 0 bridgehead atoms. The van der Waals surface area contributed by atoms with E-state index in [1.165, 1.54) is 11.1 Å². The van der Waals surface area contributed by atoms with Crippen molar-refractivity contribution in [3.8, 4) is 0 Å². The fraction of sp³-hybridized carbons (Fsp3) is 0.342. The van der Waals surface area contributed by atoms with Crippen molar-refractivity contribution >= 4 is 41.2 Å². The highest BCUT2D eigenvalue weighted by atomic mass is 35.5. The molecule has 4 rings (SSSR count). The molecule has 0 spiro atoms. The average Bonchev–Trinajstić information content (AvgIpc) is 3.00. The van der Waals surface area contributed by atoms with Gasteiger partial charge in [-0.1, -0.05) is 92.5 Å². The predicted molar refractivity (Wildman–Crippen MR) is 187 cm³/mol. The first-order valence-electron chi connectivity index (χ1n) is 15.6. The van der Waals surface area contributed by atoms with Gasteiger partial charge in [-0.05, 0) is 72.6 Å². The van der Waals surface area contributed by atoms with Gasteiger partial charge in [-0.2, -0.15) is 0 Å². The van der Waals surface area contributed by atoms with Crippen LogP contribution >= 0.6 is 23.2 Å².